The smallest absolute Gasteiger partial charge is 0.338 e. The first kappa shape index (κ1) is 102. The summed E-state index contributed by atoms with van der Waals surface area (Å²) in [6.07, 6.45) is -32.5. The third kappa shape index (κ3) is 27.1. The van der Waals surface area contributed by atoms with Crippen molar-refractivity contribution in [3.05, 3.63) is 479 Å². The average molecular weight is 1980 g/mol. The van der Waals surface area contributed by atoms with Crippen LogP contribution in [-0.4, -0.2) is 197 Å². The number of carbonyl (C=O) groups excluding carboxylic acids is 8. The number of hydrogen-bond donors (Lipinski definition) is 0. The highest BCUT2D eigenvalue weighted by molar-refractivity contribution is 5.93. The van der Waals surface area contributed by atoms with E-state index in [2.05, 4.69) is 0 Å². The molecule has 0 saturated carbocycles. The highest BCUT2D eigenvalue weighted by atomic mass is 16.8. The first-order chi connectivity index (χ1) is 72.2. The number of hydrogen-bond acceptors (Lipinski definition) is 28. The second-order valence-corrected chi connectivity index (χ2v) is 35.2. The summed E-state index contributed by atoms with van der Waals surface area (Å²) in [6.45, 7) is -4.23. The summed E-state index contributed by atoms with van der Waals surface area (Å²) in [5, 5.41) is 1.85. The van der Waals surface area contributed by atoms with Crippen LogP contribution in [0.3, 0.4) is 0 Å². The van der Waals surface area contributed by atoms with Crippen molar-refractivity contribution in [3.63, 3.8) is 0 Å². The zero-order chi connectivity index (χ0) is 101. The van der Waals surface area contributed by atoms with E-state index in [1.807, 2.05) is 109 Å². The molecule has 28 nitrogen and oxygen atoms in total. The molecule has 750 valence electrons. The molecule has 0 spiro atoms. The first-order valence-electron chi connectivity index (χ1n) is 48.4. The molecule has 4 heterocycles. The molecular formula is C119H106O28. The predicted octanol–water partition coefficient (Wildman–Crippen LogP) is 18.1. The van der Waals surface area contributed by atoms with E-state index in [4.69, 9.17) is 94.7 Å². The summed E-state index contributed by atoms with van der Waals surface area (Å²) < 4.78 is 141. The van der Waals surface area contributed by atoms with Crippen LogP contribution in [0.25, 0.3) is 10.8 Å². The number of carbonyl (C=O) groups is 8. The van der Waals surface area contributed by atoms with Crippen molar-refractivity contribution in [2.24, 2.45) is 0 Å². The molecule has 4 fully saturated rings. The van der Waals surface area contributed by atoms with Crippen molar-refractivity contribution in [2.75, 3.05) is 33.0 Å². The molecule has 0 amide bonds. The van der Waals surface area contributed by atoms with Gasteiger partial charge in [-0.1, -0.05) is 303 Å². The lowest BCUT2D eigenvalue weighted by Gasteiger charge is -2.47. The van der Waals surface area contributed by atoms with Crippen molar-refractivity contribution >= 4 is 58.5 Å². The topological polar surface area (TPSA) is 321 Å². The molecule has 18 rings (SSSR count). The summed E-state index contributed by atoms with van der Waals surface area (Å²) in [7, 11) is 0. The normalized spacial score (nSPS) is 22.4. The van der Waals surface area contributed by atoms with Gasteiger partial charge in [-0.2, -0.15) is 0 Å². The maximum absolute atomic E-state index is 16.2. The summed E-state index contributed by atoms with van der Waals surface area (Å²) >= 11 is 0. The van der Waals surface area contributed by atoms with Crippen LogP contribution in [0, 0.1) is 0 Å². The summed E-state index contributed by atoms with van der Waals surface area (Å²) in [5.74, 6) is -7.02. The van der Waals surface area contributed by atoms with Crippen molar-refractivity contribution in [1.82, 2.24) is 0 Å². The fraction of sp³-hybridized carbons (Fsp3) is 0.244. The van der Waals surface area contributed by atoms with Gasteiger partial charge in [-0.25, -0.2) is 38.4 Å². The van der Waals surface area contributed by atoms with E-state index in [0.29, 0.717) is 22.3 Å². The van der Waals surface area contributed by atoms with Crippen molar-refractivity contribution in [3.8, 4) is 0 Å². The number of benzene rings is 14. The van der Waals surface area contributed by atoms with Crippen molar-refractivity contribution < 1.29 is 133 Å². The molecule has 0 aliphatic carbocycles. The van der Waals surface area contributed by atoms with Crippen molar-refractivity contribution in [1.29, 1.82) is 0 Å². The van der Waals surface area contributed by atoms with Gasteiger partial charge in [0, 0.05) is 0 Å². The molecule has 0 radical (unpaired) electrons. The molecule has 4 aliphatic heterocycles. The van der Waals surface area contributed by atoms with E-state index in [1.165, 1.54) is 48.5 Å². The summed E-state index contributed by atoms with van der Waals surface area (Å²) in [6, 6.07) is 115. The van der Waals surface area contributed by atoms with Crippen LogP contribution in [0.2, 0.25) is 0 Å². The molecule has 14 aromatic carbocycles. The van der Waals surface area contributed by atoms with E-state index in [1.54, 1.807) is 249 Å². The monoisotopic (exact) mass is 1980 g/mol. The first-order valence-corrected chi connectivity index (χ1v) is 48.4. The Morgan fingerprint density at radius 2 is 0.531 bits per heavy atom. The molecule has 0 bridgehead atoms. The van der Waals surface area contributed by atoms with Crippen LogP contribution in [0.1, 0.15) is 111 Å². The van der Waals surface area contributed by atoms with E-state index in [9.17, 15) is 28.8 Å². The number of ether oxygens (including phenoxy) is 20. The number of esters is 8. The predicted molar refractivity (Wildman–Crippen MR) is 532 cm³/mol. The third-order valence-electron chi connectivity index (χ3n) is 25.1. The van der Waals surface area contributed by atoms with Crippen LogP contribution in [0.5, 0.6) is 0 Å². The standard InChI is InChI=1S/C119H106O28/c120-109(84-48-21-5-22-49-84)134-74-93(138-113(124)88-56-29-9-30-57-88)98-101(96(73-133-98)139-114(125)89-58-31-10-32-59-89)144-118-107(132-71-81-45-19-4-20-46-81)104(100(129-69-79-41-15-2-16-42-79)95(142-118)76-136-111(122)86-52-25-7-26-53-86)146-119-108(143-116(127)91-62-35-12-36-63-91)105(102(145-119)97(140-115(126)90-60-33-11-34-61-90)77-137-112(123)87-54-27-8-28-55-87)147-117-106(131-70-80-43-17-3-18-44-80)103(130-72-82-65-66-83-47-37-38-64-92(83)67-82)99(128-68-78-39-13-1-14-40-78)94(141-117)75-135-110(121)85-50-23-6-24-51-85/h1-67,93-108,117-119H,68-77H2/t93-,94?,95?,96?,97-,98?,99?,100?,101+,102?,103?,104?,105?,106?,107?,108?,117?,118?,119?/m1/s1. The lowest BCUT2D eigenvalue weighted by molar-refractivity contribution is -0.356. The molecule has 147 heavy (non-hydrogen) atoms. The zero-order valence-corrected chi connectivity index (χ0v) is 79.7. The van der Waals surface area contributed by atoms with Gasteiger partial charge in [0.2, 0.25) is 0 Å². The Morgan fingerprint density at radius 3 is 0.932 bits per heavy atom. The highest BCUT2D eigenvalue weighted by Gasteiger charge is 2.62. The number of rotatable bonds is 43. The van der Waals surface area contributed by atoms with Crippen LogP contribution in [-0.2, 0) is 128 Å². The molecule has 4 saturated heterocycles. The molecule has 0 N–H and O–H groups in total. The van der Waals surface area contributed by atoms with Crippen LogP contribution < -0.4 is 0 Å². The average Bonchev–Trinajstić information content (AvgIpc) is 1.62. The van der Waals surface area contributed by atoms with Gasteiger partial charge in [0.15, 0.2) is 43.3 Å². The molecule has 4 aliphatic rings. The minimum Gasteiger partial charge on any atom is -0.459 e. The van der Waals surface area contributed by atoms with E-state index >= 15 is 9.59 Å². The van der Waals surface area contributed by atoms with Crippen molar-refractivity contribution in [2.45, 2.75) is 150 Å². The fourth-order valence-corrected chi connectivity index (χ4v) is 17.7. The van der Waals surface area contributed by atoms with Gasteiger partial charge in [0.1, 0.15) is 99.7 Å². The Bertz CT molecular complexity index is 6580. The second-order valence-electron chi connectivity index (χ2n) is 35.2. The van der Waals surface area contributed by atoms with Gasteiger partial charge in [0.25, 0.3) is 0 Å². The van der Waals surface area contributed by atoms with Gasteiger partial charge in [-0.05, 0) is 142 Å². The van der Waals surface area contributed by atoms with E-state index in [0.717, 1.165) is 16.3 Å². The third-order valence-corrected chi connectivity index (χ3v) is 25.1. The van der Waals surface area contributed by atoms with Gasteiger partial charge in [0.05, 0.1) is 84.1 Å². The highest BCUT2D eigenvalue weighted by Crippen LogP contribution is 2.43. The van der Waals surface area contributed by atoms with E-state index < -0.39 is 197 Å². The Labute approximate surface area is 848 Å². The molecule has 19 atom stereocenters. The second kappa shape index (κ2) is 50.9. The molecule has 0 aromatic heterocycles. The molecule has 14 aromatic rings. The van der Waals surface area contributed by atoms with Crippen LogP contribution in [0.4, 0.5) is 0 Å². The quantitative estimate of drug-likeness (QED) is 0.0253. The fourth-order valence-electron chi connectivity index (χ4n) is 17.7. The van der Waals surface area contributed by atoms with Gasteiger partial charge in [-0.3, -0.25) is 0 Å². The molecule has 28 heteroatoms. The maximum atomic E-state index is 16.2. The minimum absolute atomic E-state index is 0.0166. The SMILES string of the molecule is O=C(OCC1OC(OC2C(OC(=O)c3ccccc3)C(OC3C(OCc4ccccc4)C(COC(=O)c4ccccc4)OC(O[C@H]4C(OC(=O)c5ccccc5)COC4[C@@H](COC(=O)c4ccccc4)OC(=O)c4ccccc4)C3OCc3ccccc3)OC2[C@@H](COC(=O)c2ccccc2)OC(=O)c2ccccc2)C(OCc2ccccc2)C(OCc2ccc3ccccc3c2)C1OCc1ccccc1)c1ccccc1. The van der Waals surface area contributed by atoms with Crippen LogP contribution in [0.15, 0.2) is 406 Å². The number of fused-ring (bicyclic) bond motifs is 1. The molecular weight excluding hydrogens is 1880 g/mol. The van der Waals surface area contributed by atoms with Gasteiger partial charge >= 0.3 is 47.8 Å². The van der Waals surface area contributed by atoms with Gasteiger partial charge < -0.3 is 94.7 Å². The van der Waals surface area contributed by atoms with Gasteiger partial charge in [-0.15, -0.1) is 0 Å². The summed E-state index contributed by atoms with van der Waals surface area (Å²) in [4.78, 5) is 120. The Hall–Kier alpha value is -15.4. The summed E-state index contributed by atoms with van der Waals surface area (Å²) in [5.41, 5.74) is 4.01. The largest absolute Gasteiger partial charge is 0.459 e. The lowest BCUT2D eigenvalue weighted by atomic mass is 9.96. The maximum Gasteiger partial charge on any atom is 0.338 e. The Morgan fingerprint density at radius 1 is 0.238 bits per heavy atom. The zero-order valence-electron chi connectivity index (χ0n) is 79.7. The van der Waals surface area contributed by atoms with Crippen LogP contribution >= 0.6 is 0 Å². The Balaban J connectivity index is 0.828. The lowest BCUT2D eigenvalue weighted by Crippen LogP contribution is -2.64. The molecule has 16 unspecified atom stereocenters. The van der Waals surface area contributed by atoms with E-state index in [-0.39, 0.29) is 77.5 Å². The Kier molecular flexibility index (Phi) is 35.2. The minimum atomic E-state index is -2.14.